The van der Waals surface area contributed by atoms with Crippen LogP contribution in [0.15, 0.2) is 72.2 Å². The first kappa shape index (κ1) is 17.3. The summed E-state index contributed by atoms with van der Waals surface area (Å²) in [5.74, 6) is -0.415. The maximum absolute atomic E-state index is 13.5. The highest BCUT2D eigenvalue weighted by molar-refractivity contribution is 6.54. The summed E-state index contributed by atoms with van der Waals surface area (Å²) < 4.78 is 24.7. The normalized spacial score (nSPS) is 17.1. The number of aromatic hydroxyl groups is 1. The third-order valence-corrected chi connectivity index (χ3v) is 4.02. The van der Waals surface area contributed by atoms with Gasteiger partial charge in [-0.1, -0.05) is 36.9 Å². The van der Waals surface area contributed by atoms with E-state index in [0.717, 1.165) is 0 Å². The molecule has 128 valence electrons. The standard InChI is InChI=1S/C19H18BFO4/c1-13(12-24-15-5-3-2-4-6-15)16-8-10-19(25-20(16)23)14-7-9-18(22)17(21)11-14/h2-9,11,19,22-23H,1,10,12H2. The molecule has 0 aliphatic carbocycles. The Morgan fingerprint density at radius 2 is 2.04 bits per heavy atom. The summed E-state index contributed by atoms with van der Waals surface area (Å²) in [7, 11) is -1.16. The molecule has 1 unspecified atom stereocenters. The summed E-state index contributed by atoms with van der Waals surface area (Å²) in [5.41, 5.74) is 1.73. The zero-order valence-electron chi connectivity index (χ0n) is 13.6. The van der Waals surface area contributed by atoms with Crippen molar-refractivity contribution in [2.45, 2.75) is 12.5 Å². The molecule has 0 saturated heterocycles. The van der Waals surface area contributed by atoms with Crippen LogP contribution in [0.5, 0.6) is 11.5 Å². The van der Waals surface area contributed by atoms with Crippen LogP contribution >= 0.6 is 0 Å². The van der Waals surface area contributed by atoms with E-state index in [-0.39, 0.29) is 6.61 Å². The minimum absolute atomic E-state index is 0.231. The quantitative estimate of drug-likeness (QED) is 0.817. The van der Waals surface area contributed by atoms with Crippen LogP contribution in [0.3, 0.4) is 0 Å². The van der Waals surface area contributed by atoms with Crippen LogP contribution in [0.4, 0.5) is 4.39 Å². The van der Waals surface area contributed by atoms with Gasteiger partial charge in [0.1, 0.15) is 12.4 Å². The topological polar surface area (TPSA) is 58.9 Å². The zero-order valence-corrected chi connectivity index (χ0v) is 13.6. The molecule has 2 aromatic carbocycles. The fourth-order valence-electron chi connectivity index (χ4n) is 2.65. The molecule has 4 nitrogen and oxygen atoms in total. The number of phenols is 1. The second-order valence-electron chi connectivity index (χ2n) is 5.79. The minimum atomic E-state index is -1.16. The molecule has 0 bridgehead atoms. The lowest BCUT2D eigenvalue weighted by atomic mass is 9.71. The Kier molecular flexibility index (Phi) is 5.21. The molecule has 1 atom stereocenters. The summed E-state index contributed by atoms with van der Waals surface area (Å²) in [4.78, 5) is 0. The molecule has 1 aliphatic rings. The summed E-state index contributed by atoms with van der Waals surface area (Å²) in [6.45, 7) is 4.17. The number of hydrogen-bond donors (Lipinski definition) is 2. The Balaban J connectivity index is 1.64. The van der Waals surface area contributed by atoms with Crippen molar-refractivity contribution in [1.82, 2.24) is 0 Å². The lowest BCUT2D eigenvalue weighted by molar-refractivity contribution is 0.167. The molecule has 6 heteroatoms. The van der Waals surface area contributed by atoms with Gasteiger partial charge in [0.2, 0.25) is 0 Å². The fraction of sp³-hybridized carbons (Fsp3) is 0.158. The first-order valence-electron chi connectivity index (χ1n) is 7.92. The molecule has 0 aromatic heterocycles. The van der Waals surface area contributed by atoms with Gasteiger partial charge < -0.3 is 19.5 Å². The first-order chi connectivity index (χ1) is 12.0. The molecule has 0 fully saturated rings. The molecule has 0 saturated carbocycles. The first-order valence-corrected chi connectivity index (χ1v) is 7.92. The van der Waals surface area contributed by atoms with E-state index in [9.17, 15) is 14.5 Å². The SMILES string of the molecule is C=C(COc1ccccc1)C1=CCC(c2ccc(O)c(F)c2)OB1O. The number of benzene rings is 2. The molecule has 2 aromatic rings. The van der Waals surface area contributed by atoms with E-state index >= 15 is 0 Å². The summed E-state index contributed by atoms with van der Waals surface area (Å²) >= 11 is 0. The van der Waals surface area contributed by atoms with Crippen molar-refractivity contribution in [2.24, 2.45) is 0 Å². The Labute approximate surface area is 146 Å². The number of rotatable bonds is 5. The maximum atomic E-state index is 13.5. The molecule has 25 heavy (non-hydrogen) atoms. The molecule has 0 spiro atoms. The van der Waals surface area contributed by atoms with E-state index in [4.69, 9.17) is 9.39 Å². The molecule has 0 radical (unpaired) electrons. The van der Waals surface area contributed by atoms with Crippen molar-refractivity contribution in [1.29, 1.82) is 0 Å². The molecule has 1 heterocycles. The van der Waals surface area contributed by atoms with Gasteiger partial charge in [0.05, 0.1) is 6.10 Å². The van der Waals surface area contributed by atoms with Gasteiger partial charge >= 0.3 is 7.12 Å². The lowest BCUT2D eigenvalue weighted by Crippen LogP contribution is -2.30. The Hall–Kier alpha value is -2.57. The predicted molar refractivity (Wildman–Crippen MR) is 93.6 cm³/mol. The van der Waals surface area contributed by atoms with Gasteiger partial charge in [0, 0.05) is 0 Å². The monoisotopic (exact) mass is 340 g/mol. The highest BCUT2D eigenvalue weighted by atomic mass is 19.1. The molecule has 0 amide bonds. The van der Waals surface area contributed by atoms with Gasteiger partial charge in [0.15, 0.2) is 11.6 Å². The molecule has 2 N–H and O–H groups in total. The minimum Gasteiger partial charge on any atom is -0.505 e. The summed E-state index contributed by atoms with van der Waals surface area (Å²) in [6, 6.07) is 13.4. The molecule has 1 aliphatic heterocycles. The van der Waals surface area contributed by atoms with Crippen molar-refractivity contribution in [2.75, 3.05) is 6.61 Å². The lowest BCUT2D eigenvalue weighted by Gasteiger charge is -2.26. The number of para-hydroxylation sites is 1. The van der Waals surface area contributed by atoms with Gasteiger partial charge in [-0.05, 0) is 47.3 Å². The Morgan fingerprint density at radius 1 is 1.28 bits per heavy atom. The zero-order chi connectivity index (χ0) is 17.8. The number of phenolic OH excluding ortho intramolecular Hbond substituents is 1. The maximum Gasteiger partial charge on any atom is 0.491 e. The van der Waals surface area contributed by atoms with E-state index in [2.05, 4.69) is 6.58 Å². The van der Waals surface area contributed by atoms with Crippen molar-refractivity contribution in [3.8, 4) is 11.5 Å². The number of halogens is 1. The largest absolute Gasteiger partial charge is 0.505 e. The van der Waals surface area contributed by atoms with Gasteiger partial charge in [0.25, 0.3) is 0 Å². The second-order valence-corrected chi connectivity index (χ2v) is 5.79. The van der Waals surface area contributed by atoms with Crippen LogP contribution in [-0.2, 0) is 4.65 Å². The van der Waals surface area contributed by atoms with Crippen molar-refractivity contribution >= 4 is 7.12 Å². The third-order valence-electron chi connectivity index (χ3n) is 4.02. The average Bonchev–Trinajstić information content (AvgIpc) is 2.63. The van der Waals surface area contributed by atoms with Crippen molar-refractivity contribution in [3.63, 3.8) is 0 Å². The molecular weight excluding hydrogens is 322 g/mol. The number of hydrogen-bond acceptors (Lipinski definition) is 4. The molecular formula is C19H18BFO4. The van der Waals surface area contributed by atoms with E-state index in [1.165, 1.54) is 12.1 Å². The van der Waals surface area contributed by atoms with E-state index in [0.29, 0.717) is 28.8 Å². The van der Waals surface area contributed by atoms with E-state index < -0.39 is 24.8 Å². The third kappa shape index (κ3) is 4.10. The van der Waals surface area contributed by atoms with E-state index in [1.807, 2.05) is 36.4 Å². The van der Waals surface area contributed by atoms with Gasteiger partial charge in [-0.15, -0.1) is 0 Å². The van der Waals surface area contributed by atoms with Crippen molar-refractivity contribution < 1.29 is 23.9 Å². The van der Waals surface area contributed by atoms with Crippen LogP contribution in [0, 0.1) is 5.82 Å². The highest BCUT2D eigenvalue weighted by Crippen LogP contribution is 2.32. The summed E-state index contributed by atoms with van der Waals surface area (Å²) in [6.07, 6.45) is 1.79. The average molecular weight is 340 g/mol. The fourth-order valence-corrected chi connectivity index (χ4v) is 2.65. The van der Waals surface area contributed by atoms with Crippen LogP contribution < -0.4 is 4.74 Å². The second kappa shape index (κ2) is 7.55. The van der Waals surface area contributed by atoms with E-state index in [1.54, 1.807) is 6.07 Å². The van der Waals surface area contributed by atoms with Crippen LogP contribution in [0.2, 0.25) is 0 Å². The Morgan fingerprint density at radius 3 is 2.72 bits per heavy atom. The Bertz CT molecular complexity index is 791. The van der Waals surface area contributed by atoms with Crippen LogP contribution in [-0.4, -0.2) is 23.9 Å². The predicted octanol–water partition coefficient (Wildman–Crippen LogP) is 3.57. The van der Waals surface area contributed by atoms with Crippen LogP contribution in [0.25, 0.3) is 0 Å². The summed E-state index contributed by atoms with van der Waals surface area (Å²) in [5, 5.41) is 19.5. The van der Waals surface area contributed by atoms with Gasteiger partial charge in [-0.2, -0.15) is 0 Å². The smallest absolute Gasteiger partial charge is 0.491 e. The number of ether oxygens (including phenoxy) is 1. The van der Waals surface area contributed by atoms with Gasteiger partial charge in [-0.25, -0.2) is 4.39 Å². The van der Waals surface area contributed by atoms with Crippen LogP contribution in [0.1, 0.15) is 18.1 Å². The van der Waals surface area contributed by atoms with Gasteiger partial charge in [-0.3, -0.25) is 0 Å². The highest BCUT2D eigenvalue weighted by Gasteiger charge is 2.31. The molecule has 3 rings (SSSR count). The van der Waals surface area contributed by atoms with Crippen molar-refractivity contribution in [3.05, 3.63) is 83.6 Å².